The second kappa shape index (κ2) is 9.44. The average Bonchev–Trinajstić information content (AvgIpc) is 2.85. The van der Waals surface area contributed by atoms with Gasteiger partial charge in [-0.1, -0.05) is 54.0 Å². The van der Waals surface area contributed by atoms with Crippen LogP contribution in [0.5, 0.6) is 0 Å². The zero-order chi connectivity index (χ0) is 30.4. The standard InChI is InChI=1S/C35H52O6/c1-21(36)40-24-19-26-32(7)13-12-27(41-22(2)37)31(5,6)25(32)11-14-33(26,8)34(9)16-18-35(29(38)39-10)17-15-30(3,4)20-23(35)28(24)34/h19,23,25,27H,11-18,20H2,1-10H3/t23-,25?,27?,32+,33-,34-,35+/m1/s1. The molecule has 0 bridgehead atoms. The average molecular weight is 569 g/mol. The summed E-state index contributed by atoms with van der Waals surface area (Å²) in [5.74, 6) is 0.301. The normalized spacial score (nSPS) is 42.4. The van der Waals surface area contributed by atoms with Crippen LogP contribution < -0.4 is 0 Å². The summed E-state index contributed by atoms with van der Waals surface area (Å²) in [4.78, 5) is 38.3. The van der Waals surface area contributed by atoms with Crippen LogP contribution in [0.3, 0.4) is 0 Å². The Kier molecular flexibility index (Phi) is 6.99. The van der Waals surface area contributed by atoms with Crippen LogP contribution in [0.15, 0.2) is 23.0 Å². The molecule has 0 radical (unpaired) electrons. The van der Waals surface area contributed by atoms with Gasteiger partial charge in [0.2, 0.25) is 0 Å². The number of allylic oxidation sites excluding steroid dienone is 3. The van der Waals surface area contributed by atoms with Gasteiger partial charge in [-0.15, -0.1) is 0 Å². The number of ether oxygens (including phenoxy) is 3. The van der Waals surface area contributed by atoms with Gasteiger partial charge >= 0.3 is 17.9 Å². The van der Waals surface area contributed by atoms with Crippen LogP contribution in [0.25, 0.3) is 0 Å². The molecule has 0 aliphatic heterocycles. The molecule has 0 N–H and O–H groups in total. The first kappa shape index (κ1) is 30.4. The van der Waals surface area contributed by atoms with Crippen LogP contribution in [-0.4, -0.2) is 31.1 Å². The Morgan fingerprint density at radius 2 is 1.46 bits per heavy atom. The fourth-order valence-electron chi connectivity index (χ4n) is 10.8. The fraction of sp³-hybridized carbons (Fsp3) is 0.800. The van der Waals surface area contributed by atoms with Crippen molar-refractivity contribution in [3.63, 3.8) is 0 Å². The molecule has 0 aromatic carbocycles. The third kappa shape index (κ3) is 4.19. The summed E-state index contributed by atoms with van der Waals surface area (Å²) in [6.45, 7) is 19.3. The monoisotopic (exact) mass is 568 g/mol. The maximum atomic E-state index is 13.6. The van der Waals surface area contributed by atoms with E-state index in [1.165, 1.54) is 32.1 Å². The van der Waals surface area contributed by atoms with Crippen LogP contribution in [-0.2, 0) is 28.6 Å². The van der Waals surface area contributed by atoms with Gasteiger partial charge in [0.1, 0.15) is 11.9 Å². The first-order valence-corrected chi connectivity index (χ1v) is 15.8. The van der Waals surface area contributed by atoms with Crippen LogP contribution in [0.1, 0.15) is 120 Å². The molecule has 228 valence electrons. The Morgan fingerprint density at radius 3 is 2.07 bits per heavy atom. The molecule has 0 saturated heterocycles. The third-order valence-corrected chi connectivity index (χ3v) is 13.2. The number of methoxy groups -OCH3 is 1. The van der Waals surface area contributed by atoms with Crippen LogP contribution in [0, 0.1) is 44.3 Å². The molecule has 6 heteroatoms. The quantitative estimate of drug-likeness (QED) is 0.256. The molecule has 7 atom stereocenters. The van der Waals surface area contributed by atoms with Crippen LogP contribution >= 0.6 is 0 Å². The SMILES string of the molecule is COC(=O)[C@]12CCC(C)(C)C[C@@H]1C1=C(OC(C)=O)C=C3[C@@]4(C)CCC(OC(C)=O)C(C)(C)C4CC[C@@]3(C)[C@]1(C)CC2. The molecule has 0 aromatic heterocycles. The van der Waals surface area contributed by atoms with Gasteiger partial charge < -0.3 is 14.2 Å². The minimum absolute atomic E-state index is 0.0388. The van der Waals surface area contributed by atoms with Crippen molar-refractivity contribution in [3.05, 3.63) is 23.0 Å². The second-order valence-electron chi connectivity index (χ2n) is 16.1. The molecule has 5 rings (SSSR count). The molecule has 5 aliphatic carbocycles. The Bertz CT molecular complexity index is 1220. The predicted octanol–water partition coefficient (Wildman–Crippen LogP) is 7.70. The van der Waals surface area contributed by atoms with Gasteiger partial charge in [0.15, 0.2) is 0 Å². The zero-order valence-electron chi connectivity index (χ0n) is 27.1. The van der Waals surface area contributed by atoms with E-state index in [9.17, 15) is 14.4 Å². The summed E-state index contributed by atoms with van der Waals surface area (Å²) in [6.07, 6.45) is 10.2. The second-order valence-corrected chi connectivity index (χ2v) is 16.1. The van der Waals surface area contributed by atoms with Crippen molar-refractivity contribution in [1.29, 1.82) is 0 Å². The van der Waals surface area contributed by atoms with E-state index in [2.05, 4.69) is 54.5 Å². The highest BCUT2D eigenvalue weighted by atomic mass is 16.5. The lowest BCUT2D eigenvalue weighted by molar-refractivity contribution is -0.174. The predicted molar refractivity (Wildman–Crippen MR) is 157 cm³/mol. The number of hydrogen-bond acceptors (Lipinski definition) is 6. The van der Waals surface area contributed by atoms with Gasteiger partial charge in [0.05, 0.1) is 12.5 Å². The molecule has 6 nitrogen and oxygen atoms in total. The van der Waals surface area contributed by atoms with Gasteiger partial charge in [0, 0.05) is 30.6 Å². The first-order chi connectivity index (χ1) is 18.9. The van der Waals surface area contributed by atoms with Gasteiger partial charge in [-0.05, 0) is 91.6 Å². The Morgan fingerprint density at radius 1 is 0.805 bits per heavy atom. The van der Waals surface area contributed by atoms with Crippen molar-refractivity contribution >= 4 is 17.9 Å². The first-order valence-electron chi connectivity index (χ1n) is 15.8. The minimum Gasteiger partial charge on any atom is -0.469 e. The number of fused-ring (bicyclic) bond motifs is 7. The molecule has 0 amide bonds. The minimum atomic E-state index is -0.586. The lowest BCUT2D eigenvalue weighted by Crippen LogP contribution is -2.62. The van der Waals surface area contributed by atoms with Crippen LogP contribution in [0.4, 0.5) is 0 Å². The summed E-state index contributed by atoms with van der Waals surface area (Å²) in [6, 6.07) is 0. The van der Waals surface area contributed by atoms with Crippen molar-refractivity contribution in [2.45, 2.75) is 126 Å². The highest BCUT2D eigenvalue weighted by Crippen LogP contribution is 2.75. The maximum absolute atomic E-state index is 13.6. The van der Waals surface area contributed by atoms with E-state index < -0.39 is 5.41 Å². The lowest BCUT2D eigenvalue weighted by Gasteiger charge is -2.68. The van der Waals surface area contributed by atoms with E-state index in [1.807, 2.05) is 0 Å². The van der Waals surface area contributed by atoms with E-state index in [1.54, 1.807) is 0 Å². The fourth-order valence-corrected chi connectivity index (χ4v) is 10.8. The highest BCUT2D eigenvalue weighted by molar-refractivity contribution is 5.79. The summed E-state index contributed by atoms with van der Waals surface area (Å²) in [7, 11) is 1.51. The largest absolute Gasteiger partial charge is 0.469 e. The summed E-state index contributed by atoms with van der Waals surface area (Å²) >= 11 is 0. The third-order valence-electron chi connectivity index (χ3n) is 13.2. The summed E-state index contributed by atoms with van der Waals surface area (Å²) < 4.78 is 17.6. The molecular formula is C35H52O6. The van der Waals surface area contributed by atoms with Crippen molar-refractivity contribution < 1.29 is 28.6 Å². The number of esters is 3. The smallest absolute Gasteiger partial charge is 0.312 e. The van der Waals surface area contributed by atoms with E-state index in [4.69, 9.17) is 14.2 Å². The molecule has 0 heterocycles. The number of carbonyl (C=O) groups excluding carboxylic acids is 3. The topological polar surface area (TPSA) is 78.9 Å². The molecular weight excluding hydrogens is 516 g/mol. The van der Waals surface area contributed by atoms with Gasteiger partial charge in [-0.2, -0.15) is 0 Å². The number of carbonyl (C=O) groups is 3. The molecule has 4 fully saturated rings. The van der Waals surface area contributed by atoms with E-state index in [0.717, 1.165) is 57.8 Å². The Balaban J connectivity index is 1.72. The zero-order valence-corrected chi connectivity index (χ0v) is 27.1. The number of hydrogen-bond donors (Lipinski definition) is 0. The number of rotatable bonds is 3. The van der Waals surface area contributed by atoms with E-state index in [0.29, 0.717) is 11.7 Å². The molecule has 0 aromatic rings. The van der Waals surface area contributed by atoms with Crippen molar-refractivity contribution in [2.24, 2.45) is 44.3 Å². The van der Waals surface area contributed by atoms with Crippen molar-refractivity contribution in [3.8, 4) is 0 Å². The van der Waals surface area contributed by atoms with Gasteiger partial charge in [-0.3, -0.25) is 14.4 Å². The van der Waals surface area contributed by atoms with E-state index >= 15 is 0 Å². The summed E-state index contributed by atoms with van der Waals surface area (Å²) in [5.41, 5.74) is 1.30. The van der Waals surface area contributed by atoms with Crippen LogP contribution in [0.2, 0.25) is 0 Å². The van der Waals surface area contributed by atoms with E-state index in [-0.39, 0.29) is 57.0 Å². The molecule has 5 aliphatic rings. The summed E-state index contributed by atoms with van der Waals surface area (Å²) in [5, 5.41) is 0. The molecule has 0 spiro atoms. The maximum Gasteiger partial charge on any atom is 0.312 e. The lowest BCUT2D eigenvalue weighted by atomic mass is 9.36. The van der Waals surface area contributed by atoms with Gasteiger partial charge in [-0.25, -0.2) is 0 Å². The van der Waals surface area contributed by atoms with Crippen molar-refractivity contribution in [2.75, 3.05) is 7.11 Å². The molecule has 4 saturated carbocycles. The highest BCUT2D eigenvalue weighted by Gasteiger charge is 2.69. The molecule has 41 heavy (non-hydrogen) atoms. The van der Waals surface area contributed by atoms with Crippen molar-refractivity contribution in [1.82, 2.24) is 0 Å². The Hall–Kier alpha value is -2.11. The molecule has 2 unspecified atom stereocenters. The van der Waals surface area contributed by atoms with Gasteiger partial charge in [0.25, 0.3) is 0 Å². The Labute approximate surface area is 247 Å².